The third-order valence-electron chi connectivity index (χ3n) is 1.31. The van der Waals surface area contributed by atoms with E-state index in [0.717, 1.165) is 9.40 Å². The maximum absolute atomic E-state index is 10.3. The van der Waals surface area contributed by atoms with Gasteiger partial charge in [0.15, 0.2) is 0 Å². The lowest BCUT2D eigenvalue weighted by Crippen LogP contribution is -1.80. The zero-order valence-electron chi connectivity index (χ0n) is 5.31. The lowest BCUT2D eigenvalue weighted by molar-refractivity contribution is -0.380. The summed E-state index contributed by atoms with van der Waals surface area (Å²) in [6, 6.07) is 3.52. The van der Waals surface area contributed by atoms with Crippen LogP contribution in [0.3, 0.4) is 0 Å². The Morgan fingerprint density at radius 1 is 1.45 bits per heavy atom. The van der Waals surface area contributed by atoms with Crippen molar-refractivity contribution in [2.24, 2.45) is 0 Å². The van der Waals surface area contributed by atoms with E-state index in [1.807, 2.05) is 11.4 Å². The highest BCUT2D eigenvalue weighted by molar-refractivity contribution is 7.28. The minimum absolute atomic E-state index is 0.229. The van der Waals surface area contributed by atoms with Crippen LogP contribution in [0.5, 0.6) is 0 Å². The van der Waals surface area contributed by atoms with Crippen molar-refractivity contribution in [2.75, 3.05) is 0 Å². The number of nitro groups is 1. The monoisotopic (exact) mass is 185 g/mol. The summed E-state index contributed by atoms with van der Waals surface area (Å²) >= 11 is 2.75. The van der Waals surface area contributed by atoms with Crippen molar-refractivity contribution in [1.82, 2.24) is 0 Å². The average Bonchev–Trinajstić information content (AvgIpc) is 2.40. The van der Waals surface area contributed by atoms with Crippen molar-refractivity contribution in [3.8, 4) is 0 Å². The predicted molar refractivity (Wildman–Crippen MR) is 46.4 cm³/mol. The average molecular weight is 185 g/mol. The van der Waals surface area contributed by atoms with Crippen LogP contribution in [0.25, 0.3) is 9.40 Å². The second-order valence-electron chi connectivity index (χ2n) is 1.99. The molecule has 0 bridgehead atoms. The summed E-state index contributed by atoms with van der Waals surface area (Å²) in [5.41, 5.74) is 0. The molecule has 2 heterocycles. The predicted octanol–water partition coefficient (Wildman–Crippen LogP) is 2.87. The van der Waals surface area contributed by atoms with Crippen LogP contribution in [0.1, 0.15) is 0 Å². The Hall–Kier alpha value is -0.940. The fraction of sp³-hybridized carbons (Fsp3) is 0. The van der Waals surface area contributed by atoms with Gasteiger partial charge in [-0.15, -0.1) is 11.3 Å². The molecule has 0 aromatic carbocycles. The van der Waals surface area contributed by atoms with Gasteiger partial charge in [-0.2, -0.15) is 0 Å². The van der Waals surface area contributed by atoms with Crippen molar-refractivity contribution < 1.29 is 4.92 Å². The first-order valence-corrected chi connectivity index (χ1v) is 4.58. The van der Waals surface area contributed by atoms with Crippen molar-refractivity contribution in [2.45, 2.75) is 0 Å². The molecular formula is C6H3NO2S2. The Labute approximate surface area is 70.0 Å². The molecule has 0 amide bonds. The van der Waals surface area contributed by atoms with Gasteiger partial charge in [-0.25, -0.2) is 0 Å². The highest BCUT2D eigenvalue weighted by Gasteiger charge is 2.10. The summed E-state index contributed by atoms with van der Waals surface area (Å²) in [6.07, 6.45) is 0. The number of fused-ring (bicyclic) bond motifs is 1. The third kappa shape index (κ3) is 1.02. The zero-order valence-corrected chi connectivity index (χ0v) is 6.95. The summed E-state index contributed by atoms with van der Waals surface area (Å²) < 4.78 is 2.00. The van der Waals surface area contributed by atoms with E-state index >= 15 is 0 Å². The van der Waals surface area contributed by atoms with Gasteiger partial charge in [-0.3, -0.25) is 10.1 Å². The van der Waals surface area contributed by atoms with E-state index in [0.29, 0.717) is 0 Å². The summed E-state index contributed by atoms with van der Waals surface area (Å²) in [5, 5.41) is 12.5. The second kappa shape index (κ2) is 2.28. The topological polar surface area (TPSA) is 43.1 Å². The molecular weight excluding hydrogens is 182 g/mol. The van der Waals surface area contributed by atoms with Crippen LogP contribution in [0, 0.1) is 10.1 Å². The molecule has 0 atom stereocenters. The maximum atomic E-state index is 10.3. The molecule has 2 aromatic rings. The molecule has 2 aromatic heterocycles. The number of thiophene rings is 2. The van der Waals surface area contributed by atoms with E-state index in [1.54, 1.807) is 6.07 Å². The number of rotatable bonds is 1. The Kier molecular flexibility index (Phi) is 1.40. The van der Waals surface area contributed by atoms with E-state index in [2.05, 4.69) is 0 Å². The lowest BCUT2D eigenvalue weighted by atomic mass is 10.5. The van der Waals surface area contributed by atoms with Crippen molar-refractivity contribution in [1.29, 1.82) is 0 Å². The fourth-order valence-electron chi connectivity index (χ4n) is 0.843. The molecule has 5 heteroatoms. The highest BCUT2D eigenvalue weighted by atomic mass is 32.1. The van der Waals surface area contributed by atoms with Crippen LogP contribution in [-0.4, -0.2) is 4.92 Å². The quantitative estimate of drug-likeness (QED) is 0.506. The first kappa shape index (κ1) is 6.75. The third-order valence-corrected chi connectivity index (χ3v) is 3.35. The smallest absolute Gasteiger partial charge is 0.258 e. The maximum Gasteiger partial charge on any atom is 0.326 e. The van der Waals surface area contributed by atoms with Gasteiger partial charge in [-0.1, -0.05) is 11.3 Å². The molecule has 11 heavy (non-hydrogen) atoms. The van der Waals surface area contributed by atoms with Gasteiger partial charge in [0.05, 0.1) is 14.3 Å². The Bertz CT molecular complexity index is 375. The molecule has 0 fully saturated rings. The molecule has 0 unspecified atom stereocenters. The first-order valence-electron chi connectivity index (χ1n) is 2.89. The Morgan fingerprint density at radius 3 is 2.91 bits per heavy atom. The van der Waals surface area contributed by atoms with Gasteiger partial charge in [0.2, 0.25) is 0 Å². The Balaban J connectivity index is 2.67. The van der Waals surface area contributed by atoms with Gasteiger partial charge in [0, 0.05) is 6.07 Å². The second-order valence-corrected chi connectivity index (χ2v) is 4.00. The number of nitrogens with zero attached hydrogens (tertiary/aromatic N) is 1. The molecule has 0 saturated carbocycles. The SMILES string of the molecule is O=[N+]([O-])c1cc2sccc2s1. The molecule has 0 saturated heterocycles. The van der Waals surface area contributed by atoms with Crippen LogP contribution >= 0.6 is 22.7 Å². The number of hydrogen-bond donors (Lipinski definition) is 0. The number of hydrogen-bond acceptors (Lipinski definition) is 4. The summed E-state index contributed by atoms with van der Waals surface area (Å²) in [6.45, 7) is 0. The highest BCUT2D eigenvalue weighted by Crippen LogP contribution is 2.34. The van der Waals surface area contributed by atoms with Crippen LogP contribution in [-0.2, 0) is 0 Å². The molecule has 56 valence electrons. The van der Waals surface area contributed by atoms with Crippen molar-refractivity contribution in [3.05, 3.63) is 27.6 Å². The van der Waals surface area contributed by atoms with Gasteiger partial charge >= 0.3 is 5.00 Å². The lowest BCUT2D eigenvalue weighted by Gasteiger charge is -1.77. The molecule has 0 aliphatic rings. The minimum Gasteiger partial charge on any atom is -0.258 e. The largest absolute Gasteiger partial charge is 0.326 e. The first-order chi connectivity index (χ1) is 5.27. The zero-order chi connectivity index (χ0) is 7.84. The van der Waals surface area contributed by atoms with Gasteiger partial charge in [-0.05, 0) is 11.4 Å². The Morgan fingerprint density at radius 2 is 2.27 bits per heavy atom. The standard InChI is InChI=1S/C6H3NO2S2/c8-7(9)6-3-5-4(11-6)1-2-10-5/h1-3H. The van der Waals surface area contributed by atoms with E-state index in [1.165, 1.54) is 22.7 Å². The van der Waals surface area contributed by atoms with Crippen LogP contribution in [0.4, 0.5) is 5.00 Å². The molecule has 2 rings (SSSR count). The molecule has 0 aliphatic carbocycles. The van der Waals surface area contributed by atoms with Gasteiger partial charge in [0.25, 0.3) is 0 Å². The van der Waals surface area contributed by atoms with Gasteiger partial charge in [0.1, 0.15) is 0 Å². The molecule has 0 N–H and O–H groups in total. The van der Waals surface area contributed by atoms with E-state index in [4.69, 9.17) is 0 Å². The van der Waals surface area contributed by atoms with Crippen molar-refractivity contribution in [3.63, 3.8) is 0 Å². The van der Waals surface area contributed by atoms with E-state index in [9.17, 15) is 10.1 Å². The van der Waals surface area contributed by atoms with Gasteiger partial charge < -0.3 is 0 Å². The van der Waals surface area contributed by atoms with Crippen LogP contribution in [0.15, 0.2) is 17.5 Å². The minimum atomic E-state index is -0.350. The van der Waals surface area contributed by atoms with E-state index < -0.39 is 0 Å². The summed E-state index contributed by atoms with van der Waals surface area (Å²) in [7, 11) is 0. The molecule has 0 radical (unpaired) electrons. The summed E-state index contributed by atoms with van der Waals surface area (Å²) in [4.78, 5) is 9.94. The van der Waals surface area contributed by atoms with Crippen LogP contribution in [0.2, 0.25) is 0 Å². The summed E-state index contributed by atoms with van der Waals surface area (Å²) in [5.74, 6) is 0. The van der Waals surface area contributed by atoms with Crippen molar-refractivity contribution >= 4 is 37.1 Å². The van der Waals surface area contributed by atoms with E-state index in [-0.39, 0.29) is 9.92 Å². The fourth-order valence-corrected chi connectivity index (χ4v) is 2.76. The molecule has 0 aliphatic heterocycles. The molecule has 3 nitrogen and oxygen atoms in total. The normalized spacial score (nSPS) is 10.5. The van der Waals surface area contributed by atoms with Crippen LogP contribution < -0.4 is 0 Å². The molecule has 0 spiro atoms.